The van der Waals surface area contributed by atoms with Crippen molar-refractivity contribution in [2.24, 2.45) is 11.8 Å². The maximum Gasteiger partial charge on any atom is 0.251 e. The molecule has 1 unspecified atom stereocenters. The van der Waals surface area contributed by atoms with E-state index in [9.17, 15) is 4.79 Å². The number of nitrogens with two attached hydrogens (primary N) is 1. The van der Waals surface area contributed by atoms with Crippen LogP contribution in [0.5, 0.6) is 0 Å². The molecule has 88 valence electrons. The third kappa shape index (κ3) is 3.24. The second kappa shape index (κ2) is 5.51. The summed E-state index contributed by atoms with van der Waals surface area (Å²) in [5, 5.41) is 2.94. The van der Waals surface area contributed by atoms with Gasteiger partial charge in [0.05, 0.1) is 0 Å². The number of hydrogen-bond acceptors (Lipinski definition) is 3. The summed E-state index contributed by atoms with van der Waals surface area (Å²) in [6.07, 6.45) is 0. The summed E-state index contributed by atoms with van der Waals surface area (Å²) in [5.41, 5.74) is 3.95. The highest BCUT2D eigenvalue weighted by Gasteiger charge is 2.11. The van der Waals surface area contributed by atoms with Crippen LogP contribution in [0.1, 0.15) is 31.1 Å². The molecule has 0 fully saturated rings. The lowest BCUT2D eigenvalue weighted by Gasteiger charge is -2.17. The Kier molecular flexibility index (Phi) is 4.31. The summed E-state index contributed by atoms with van der Waals surface area (Å²) in [4.78, 5) is 11.8. The Morgan fingerprint density at radius 2 is 1.75 bits per heavy atom. The molecule has 0 spiro atoms. The van der Waals surface area contributed by atoms with E-state index in [1.54, 1.807) is 24.3 Å². The maximum absolute atomic E-state index is 11.8. The first-order valence-electron chi connectivity index (χ1n) is 5.42. The Labute approximate surface area is 96.2 Å². The number of carbonyl (C=O) groups is 1. The van der Waals surface area contributed by atoms with E-state index in [0.29, 0.717) is 11.5 Å². The molecular weight excluding hydrogens is 202 g/mol. The zero-order chi connectivity index (χ0) is 12.1. The summed E-state index contributed by atoms with van der Waals surface area (Å²) in [6, 6.07) is 7.21. The lowest BCUT2D eigenvalue weighted by atomic mass is 10.1. The van der Waals surface area contributed by atoms with E-state index in [1.807, 2.05) is 6.92 Å². The Hall–Kier alpha value is -1.55. The Morgan fingerprint density at radius 1 is 1.19 bits per heavy atom. The molecule has 0 aliphatic rings. The van der Waals surface area contributed by atoms with Crippen LogP contribution in [0.3, 0.4) is 0 Å². The SMILES string of the molecule is CC(C)C(C)NC(=O)c1ccc(NN)cc1. The van der Waals surface area contributed by atoms with Gasteiger partial charge in [0.1, 0.15) is 0 Å². The molecule has 0 heterocycles. The molecule has 4 nitrogen and oxygen atoms in total. The Balaban J connectivity index is 2.66. The molecule has 4 N–H and O–H groups in total. The van der Waals surface area contributed by atoms with E-state index < -0.39 is 0 Å². The average molecular weight is 221 g/mol. The first-order chi connectivity index (χ1) is 7.54. The van der Waals surface area contributed by atoms with E-state index in [-0.39, 0.29) is 11.9 Å². The van der Waals surface area contributed by atoms with E-state index >= 15 is 0 Å². The normalized spacial score (nSPS) is 12.3. The second-order valence-electron chi connectivity index (χ2n) is 4.23. The van der Waals surface area contributed by atoms with E-state index in [4.69, 9.17) is 5.84 Å². The van der Waals surface area contributed by atoms with Crippen LogP contribution in [0.15, 0.2) is 24.3 Å². The first kappa shape index (κ1) is 12.5. The second-order valence-corrected chi connectivity index (χ2v) is 4.23. The van der Waals surface area contributed by atoms with Gasteiger partial charge in [-0.05, 0) is 37.1 Å². The molecule has 1 atom stereocenters. The number of hydrogen-bond donors (Lipinski definition) is 3. The minimum Gasteiger partial charge on any atom is -0.349 e. The molecule has 0 radical (unpaired) electrons. The van der Waals surface area contributed by atoms with Crippen molar-refractivity contribution in [2.75, 3.05) is 5.43 Å². The van der Waals surface area contributed by atoms with Crippen LogP contribution >= 0.6 is 0 Å². The smallest absolute Gasteiger partial charge is 0.251 e. The zero-order valence-corrected chi connectivity index (χ0v) is 9.95. The number of carbonyl (C=O) groups excluding carboxylic acids is 1. The molecule has 1 aromatic rings. The molecule has 4 heteroatoms. The van der Waals surface area contributed by atoms with Crippen molar-refractivity contribution in [3.63, 3.8) is 0 Å². The van der Waals surface area contributed by atoms with Gasteiger partial charge in [0, 0.05) is 17.3 Å². The van der Waals surface area contributed by atoms with Crippen molar-refractivity contribution < 1.29 is 4.79 Å². The zero-order valence-electron chi connectivity index (χ0n) is 9.95. The van der Waals surface area contributed by atoms with Gasteiger partial charge in [0.25, 0.3) is 5.91 Å². The van der Waals surface area contributed by atoms with Gasteiger partial charge in [-0.3, -0.25) is 10.6 Å². The molecule has 0 aliphatic heterocycles. The van der Waals surface area contributed by atoms with Crippen molar-refractivity contribution in [1.29, 1.82) is 0 Å². The molecule has 1 aromatic carbocycles. The van der Waals surface area contributed by atoms with Crippen LogP contribution in [0.25, 0.3) is 0 Å². The third-order valence-corrected chi connectivity index (χ3v) is 2.67. The molecule has 1 amide bonds. The van der Waals surface area contributed by atoms with Gasteiger partial charge in [-0.2, -0.15) is 0 Å². The number of rotatable bonds is 4. The van der Waals surface area contributed by atoms with E-state index in [1.165, 1.54) is 0 Å². The minimum atomic E-state index is -0.0511. The Bertz CT molecular complexity index is 346. The van der Waals surface area contributed by atoms with E-state index in [0.717, 1.165) is 5.69 Å². The van der Waals surface area contributed by atoms with Gasteiger partial charge in [-0.1, -0.05) is 13.8 Å². The van der Waals surface area contributed by atoms with Crippen LogP contribution < -0.4 is 16.6 Å². The summed E-state index contributed by atoms with van der Waals surface area (Å²) in [6.45, 7) is 6.15. The lowest BCUT2D eigenvalue weighted by molar-refractivity contribution is 0.0930. The van der Waals surface area contributed by atoms with Gasteiger partial charge >= 0.3 is 0 Å². The van der Waals surface area contributed by atoms with Gasteiger partial charge in [0.15, 0.2) is 0 Å². The van der Waals surface area contributed by atoms with Crippen molar-refractivity contribution in [1.82, 2.24) is 5.32 Å². The number of hydrazine groups is 1. The highest BCUT2D eigenvalue weighted by molar-refractivity contribution is 5.94. The number of benzene rings is 1. The highest BCUT2D eigenvalue weighted by Crippen LogP contribution is 2.09. The molecule has 0 aromatic heterocycles. The summed E-state index contributed by atoms with van der Waals surface area (Å²) in [7, 11) is 0. The van der Waals surface area contributed by atoms with Crippen molar-refractivity contribution in [2.45, 2.75) is 26.8 Å². The number of nitrogen functional groups attached to an aromatic ring is 1. The maximum atomic E-state index is 11.8. The van der Waals surface area contributed by atoms with Crippen LogP contribution in [-0.4, -0.2) is 11.9 Å². The van der Waals surface area contributed by atoms with Crippen LogP contribution in [0.2, 0.25) is 0 Å². The van der Waals surface area contributed by atoms with Gasteiger partial charge < -0.3 is 10.7 Å². The molecule has 0 aliphatic carbocycles. The molecule has 0 saturated heterocycles. The fraction of sp³-hybridized carbons (Fsp3) is 0.417. The third-order valence-electron chi connectivity index (χ3n) is 2.67. The highest BCUT2D eigenvalue weighted by atomic mass is 16.1. The predicted molar refractivity (Wildman–Crippen MR) is 66.0 cm³/mol. The average Bonchev–Trinajstić information content (AvgIpc) is 2.28. The van der Waals surface area contributed by atoms with Crippen molar-refractivity contribution in [3.8, 4) is 0 Å². The number of nitrogens with one attached hydrogen (secondary N) is 2. The lowest BCUT2D eigenvalue weighted by Crippen LogP contribution is -2.36. The predicted octanol–water partition coefficient (Wildman–Crippen LogP) is 1.75. The fourth-order valence-corrected chi connectivity index (χ4v) is 1.17. The molecule has 0 bridgehead atoms. The standard InChI is InChI=1S/C12H19N3O/c1-8(2)9(3)14-12(16)10-4-6-11(15-13)7-5-10/h4-9,15H,13H2,1-3H3,(H,14,16). The topological polar surface area (TPSA) is 67.2 Å². The number of anilines is 1. The van der Waals surface area contributed by atoms with Crippen LogP contribution in [0, 0.1) is 5.92 Å². The minimum absolute atomic E-state index is 0.0511. The molecule has 16 heavy (non-hydrogen) atoms. The van der Waals surface area contributed by atoms with E-state index in [2.05, 4.69) is 24.6 Å². The van der Waals surface area contributed by atoms with Crippen molar-refractivity contribution >= 4 is 11.6 Å². The first-order valence-corrected chi connectivity index (χ1v) is 5.42. The number of amides is 1. The summed E-state index contributed by atoms with van der Waals surface area (Å²) >= 11 is 0. The quantitative estimate of drug-likeness (QED) is 0.536. The Morgan fingerprint density at radius 3 is 2.19 bits per heavy atom. The van der Waals surface area contributed by atoms with Gasteiger partial charge in [0.2, 0.25) is 0 Å². The summed E-state index contributed by atoms with van der Waals surface area (Å²) < 4.78 is 0. The molecule has 1 rings (SSSR count). The fourth-order valence-electron chi connectivity index (χ4n) is 1.17. The van der Waals surface area contributed by atoms with Crippen LogP contribution in [-0.2, 0) is 0 Å². The van der Waals surface area contributed by atoms with Gasteiger partial charge in [-0.15, -0.1) is 0 Å². The van der Waals surface area contributed by atoms with Gasteiger partial charge in [-0.25, -0.2) is 0 Å². The van der Waals surface area contributed by atoms with Crippen molar-refractivity contribution in [3.05, 3.63) is 29.8 Å². The summed E-state index contributed by atoms with van der Waals surface area (Å²) in [5.74, 6) is 5.62. The molecular formula is C12H19N3O. The monoisotopic (exact) mass is 221 g/mol. The molecule has 0 saturated carbocycles. The van der Waals surface area contributed by atoms with Crippen LogP contribution in [0.4, 0.5) is 5.69 Å². The largest absolute Gasteiger partial charge is 0.349 e.